The Hall–Kier alpha value is -2.81. The molecule has 1 saturated carbocycles. The number of carbonyl (C=O) groups excluding carboxylic acids is 2. The van der Waals surface area contributed by atoms with Gasteiger partial charge in [0, 0.05) is 5.39 Å². The standard InChI is InChI=1S/C17H16N2O4/c18-11-17(7-3-4-8-17)19-15(20)10-22-16(21)14-9-12-5-1-2-6-13(12)23-14/h1-2,5-6,9H,3-4,7-8,10H2,(H,19,20). The number of nitrogens with zero attached hydrogens (tertiary/aromatic N) is 1. The van der Waals surface area contributed by atoms with Gasteiger partial charge < -0.3 is 14.5 Å². The molecule has 0 radical (unpaired) electrons. The van der Waals surface area contributed by atoms with Crippen molar-refractivity contribution in [1.29, 1.82) is 5.26 Å². The van der Waals surface area contributed by atoms with Gasteiger partial charge in [-0.3, -0.25) is 4.79 Å². The van der Waals surface area contributed by atoms with E-state index in [0.29, 0.717) is 18.4 Å². The molecule has 6 nitrogen and oxygen atoms in total. The Morgan fingerprint density at radius 2 is 2.04 bits per heavy atom. The number of rotatable bonds is 4. The first kappa shape index (κ1) is 15.1. The highest BCUT2D eigenvalue weighted by molar-refractivity contribution is 5.93. The zero-order valence-electron chi connectivity index (χ0n) is 12.5. The number of ether oxygens (including phenoxy) is 1. The summed E-state index contributed by atoms with van der Waals surface area (Å²) in [6.45, 7) is -0.431. The summed E-state index contributed by atoms with van der Waals surface area (Å²) in [6, 6.07) is 10.9. The molecule has 0 unspecified atom stereocenters. The van der Waals surface area contributed by atoms with Crippen LogP contribution in [0.2, 0.25) is 0 Å². The van der Waals surface area contributed by atoms with E-state index in [4.69, 9.17) is 9.15 Å². The molecule has 1 amide bonds. The van der Waals surface area contributed by atoms with Crippen LogP contribution in [0.3, 0.4) is 0 Å². The number of hydrogen-bond donors (Lipinski definition) is 1. The predicted molar refractivity (Wildman–Crippen MR) is 81.5 cm³/mol. The van der Waals surface area contributed by atoms with Gasteiger partial charge in [0.1, 0.15) is 11.1 Å². The number of amides is 1. The van der Waals surface area contributed by atoms with Crippen molar-refractivity contribution in [2.75, 3.05) is 6.61 Å². The highest BCUT2D eigenvalue weighted by Crippen LogP contribution is 2.28. The first-order valence-corrected chi connectivity index (χ1v) is 7.50. The Morgan fingerprint density at radius 3 is 2.74 bits per heavy atom. The van der Waals surface area contributed by atoms with E-state index < -0.39 is 24.0 Å². The third kappa shape index (κ3) is 3.19. The summed E-state index contributed by atoms with van der Waals surface area (Å²) in [5.41, 5.74) is -0.235. The number of benzene rings is 1. The van der Waals surface area contributed by atoms with E-state index in [-0.39, 0.29) is 5.76 Å². The summed E-state index contributed by atoms with van der Waals surface area (Å²) in [7, 11) is 0. The van der Waals surface area contributed by atoms with Crippen molar-refractivity contribution < 1.29 is 18.7 Å². The van der Waals surface area contributed by atoms with Gasteiger partial charge in [0.05, 0.1) is 6.07 Å². The molecule has 0 spiro atoms. The summed E-state index contributed by atoms with van der Waals surface area (Å²) >= 11 is 0. The number of hydrogen-bond acceptors (Lipinski definition) is 5. The van der Waals surface area contributed by atoms with Crippen LogP contribution in [-0.2, 0) is 9.53 Å². The molecule has 1 fully saturated rings. The molecule has 0 bridgehead atoms. The van der Waals surface area contributed by atoms with Gasteiger partial charge in [-0.1, -0.05) is 18.2 Å². The van der Waals surface area contributed by atoms with Crippen LogP contribution in [0.15, 0.2) is 34.7 Å². The number of esters is 1. The average Bonchev–Trinajstić information content (AvgIpc) is 3.19. The van der Waals surface area contributed by atoms with Crippen molar-refractivity contribution in [3.8, 4) is 6.07 Å². The van der Waals surface area contributed by atoms with Crippen molar-refractivity contribution in [3.05, 3.63) is 36.1 Å². The molecule has 2 aromatic rings. The summed E-state index contributed by atoms with van der Waals surface area (Å²) < 4.78 is 10.3. The quantitative estimate of drug-likeness (QED) is 0.876. The lowest BCUT2D eigenvalue weighted by atomic mass is 10.00. The predicted octanol–water partition coefficient (Wildman–Crippen LogP) is 2.54. The number of fused-ring (bicyclic) bond motifs is 1. The molecular weight excluding hydrogens is 296 g/mol. The van der Waals surface area contributed by atoms with Crippen LogP contribution in [0.1, 0.15) is 36.2 Å². The van der Waals surface area contributed by atoms with E-state index in [1.54, 1.807) is 18.2 Å². The van der Waals surface area contributed by atoms with E-state index in [1.165, 1.54) is 0 Å². The van der Waals surface area contributed by atoms with Gasteiger partial charge in [0.15, 0.2) is 6.61 Å². The van der Waals surface area contributed by atoms with Crippen molar-refractivity contribution >= 4 is 22.8 Å². The van der Waals surface area contributed by atoms with Gasteiger partial charge >= 0.3 is 5.97 Å². The van der Waals surface area contributed by atoms with E-state index in [9.17, 15) is 14.9 Å². The zero-order valence-corrected chi connectivity index (χ0v) is 12.5. The molecule has 1 aromatic carbocycles. The normalized spacial score (nSPS) is 16.0. The summed E-state index contributed by atoms with van der Waals surface area (Å²) in [5, 5.41) is 12.7. The zero-order chi connectivity index (χ0) is 16.3. The van der Waals surface area contributed by atoms with Gasteiger partial charge in [0.25, 0.3) is 5.91 Å². The van der Waals surface area contributed by atoms with Gasteiger partial charge in [-0.25, -0.2) is 4.79 Å². The molecule has 0 aliphatic heterocycles. The minimum atomic E-state index is -0.817. The van der Waals surface area contributed by atoms with Crippen molar-refractivity contribution in [2.24, 2.45) is 0 Å². The maximum absolute atomic E-state index is 11.9. The second kappa shape index (κ2) is 6.13. The molecule has 1 aliphatic carbocycles. The van der Waals surface area contributed by atoms with Gasteiger partial charge in [0.2, 0.25) is 5.76 Å². The van der Waals surface area contributed by atoms with Crippen molar-refractivity contribution in [3.63, 3.8) is 0 Å². The Kier molecular flexibility index (Phi) is 4.02. The lowest BCUT2D eigenvalue weighted by Gasteiger charge is -2.21. The van der Waals surface area contributed by atoms with E-state index in [1.807, 2.05) is 12.1 Å². The fourth-order valence-corrected chi connectivity index (χ4v) is 2.83. The number of nitrogens with one attached hydrogen (secondary N) is 1. The average molecular weight is 312 g/mol. The molecule has 23 heavy (non-hydrogen) atoms. The second-order valence-corrected chi connectivity index (χ2v) is 5.67. The molecule has 0 saturated heterocycles. The van der Waals surface area contributed by atoms with E-state index in [2.05, 4.69) is 11.4 Å². The van der Waals surface area contributed by atoms with Crippen LogP contribution in [-0.4, -0.2) is 24.0 Å². The summed E-state index contributed by atoms with van der Waals surface area (Å²) in [4.78, 5) is 23.8. The lowest BCUT2D eigenvalue weighted by molar-refractivity contribution is -0.125. The van der Waals surface area contributed by atoms with E-state index in [0.717, 1.165) is 18.2 Å². The smallest absolute Gasteiger partial charge is 0.374 e. The van der Waals surface area contributed by atoms with Gasteiger partial charge in [-0.05, 0) is 37.8 Å². The maximum atomic E-state index is 11.9. The molecule has 0 atom stereocenters. The Bertz CT molecular complexity index is 748. The number of carbonyl (C=O) groups is 2. The molecule has 6 heteroatoms. The van der Waals surface area contributed by atoms with Crippen LogP contribution < -0.4 is 5.32 Å². The second-order valence-electron chi connectivity index (χ2n) is 5.67. The third-order valence-electron chi connectivity index (χ3n) is 4.01. The van der Waals surface area contributed by atoms with Gasteiger partial charge in [-0.2, -0.15) is 5.26 Å². The number of furan rings is 1. The third-order valence-corrected chi connectivity index (χ3v) is 4.01. The largest absolute Gasteiger partial charge is 0.450 e. The minimum absolute atomic E-state index is 0.0508. The van der Waals surface area contributed by atoms with Crippen LogP contribution in [0, 0.1) is 11.3 Å². The number of para-hydroxylation sites is 1. The van der Waals surface area contributed by atoms with Crippen molar-refractivity contribution in [1.82, 2.24) is 5.32 Å². The lowest BCUT2D eigenvalue weighted by Crippen LogP contribution is -2.46. The maximum Gasteiger partial charge on any atom is 0.374 e. The SMILES string of the molecule is N#CC1(NC(=O)COC(=O)c2cc3ccccc3o2)CCCC1. The molecule has 118 valence electrons. The molecular formula is C17H16N2O4. The van der Waals surface area contributed by atoms with Crippen LogP contribution in [0.4, 0.5) is 0 Å². The molecule has 1 N–H and O–H groups in total. The van der Waals surface area contributed by atoms with Gasteiger partial charge in [-0.15, -0.1) is 0 Å². The Labute approximate surface area is 133 Å². The first-order chi connectivity index (χ1) is 11.1. The van der Waals surface area contributed by atoms with E-state index >= 15 is 0 Å². The Balaban J connectivity index is 1.58. The minimum Gasteiger partial charge on any atom is -0.450 e. The molecule has 1 heterocycles. The van der Waals surface area contributed by atoms with Crippen LogP contribution in [0.5, 0.6) is 0 Å². The fourth-order valence-electron chi connectivity index (χ4n) is 2.83. The van der Waals surface area contributed by atoms with Crippen LogP contribution >= 0.6 is 0 Å². The fraction of sp³-hybridized carbons (Fsp3) is 0.353. The summed E-state index contributed by atoms with van der Waals surface area (Å²) in [6.07, 6.45) is 3.08. The van der Waals surface area contributed by atoms with Crippen LogP contribution in [0.25, 0.3) is 11.0 Å². The topological polar surface area (TPSA) is 92.3 Å². The highest BCUT2D eigenvalue weighted by Gasteiger charge is 2.35. The summed E-state index contributed by atoms with van der Waals surface area (Å²) in [5.74, 6) is -1.12. The van der Waals surface area contributed by atoms with Crippen molar-refractivity contribution in [2.45, 2.75) is 31.2 Å². The first-order valence-electron chi connectivity index (χ1n) is 7.50. The molecule has 1 aromatic heterocycles. The highest BCUT2D eigenvalue weighted by atomic mass is 16.5. The molecule has 1 aliphatic rings. The Morgan fingerprint density at radius 1 is 1.30 bits per heavy atom. The number of nitriles is 1. The monoisotopic (exact) mass is 312 g/mol. The molecule has 3 rings (SSSR count).